The topological polar surface area (TPSA) is 81.1 Å². The number of hydrogen-bond acceptors (Lipinski definition) is 5. The molecule has 0 saturated heterocycles. The molecular formula is C26H27N3O3S. The molecule has 6 nitrogen and oxygen atoms in total. The molecule has 1 aliphatic rings. The highest BCUT2D eigenvalue weighted by Crippen LogP contribution is 2.23. The number of hydrogen-bond donors (Lipinski definition) is 1. The van der Waals surface area contributed by atoms with Crippen molar-refractivity contribution in [2.24, 2.45) is 0 Å². The molecule has 170 valence electrons. The molecule has 3 aromatic rings. The van der Waals surface area contributed by atoms with Gasteiger partial charge in [0.1, 0.15) is 0 Å². The molecule has 1 amide bonds. The third-order valence-corrected chi connectivity index (χ3v) is 6.75. The molecule has 1 heterocycles. The van der Waals surface area contributed by atoms with Crippen LogP contribution < -0.4 is 10.9 Å². The molecule has 0 bridgehead atoms. The van der Waals surface area contributed by atoms with Gasteiger partial charge in [-0.2, -0.15) is 0 Å². The minimum atomic E-state index is -0.195. The maximum absolute atomic E-state index is 13.2. The molecule has 33 heavy (non-hydrogen) atoms. The number of nitrogens with one attached hydrogen (secondary N) is 1. The first-order valence-electron chi connectivity index (χ1n) is 11.2. The Morgan fingerprint density at radius 1 is 1.09 bits per heavy atom. The molecule has 1 aliphatic carbocycles. The highest BCUT2D eigenvalue weighted by molar-refractivity contribution is 7.99. The number of benzene rings is 2. The zero-order valence-corrected chi connectivity index (χ0v) is 19.5. The van der Waals surface area contributed by atoms with Crippen LogP contribution in [0.2, 0.25) is 0 Å². The monoisotopic (exact) mass is 461 g/mol. The summed E-state index contributed by atoms with van der Waals surface area (Å²) in [7, 11) is 0. The molecule has 0 radical (unpaired) electrons. The lowest BCUT2D eigenvalue weighted by Gasteiger charge is -2.16. The number of rotatable bonds is 8. The maximum Gasteiger partial charge on any atom is 0.262 e. The maximum atomic E-state index is 13.2. The number of para-hydroxylation sites is 1. The smallest absolute Gasteiger partial charge is 0.262 e. The van der Waals surface area contributed by atoms with Gasteiger partial charge >= 0.3 is 0 Å². The van der Waals surface area contributed by atoms with Crippen LogP contribution in [-0.4, -0.2) is 27.0 Å². The zero-order chi connectivity index (χ0) is 23.2. The fourth-order valence-electron chi connectivity index (χ4n) is 3.96. The van der Waals surface area contributed by atoms with E-state index >= 15 is 0 Å². The first-order chi connectivity index (χ1) is 16.0. The van der Waals surface area contributed by atoms with Crippen molar-refractivity contribution in [3.05, 3.63) is 76.1 Å². The van der Waals surface area contributed by atoms with Crippen LogP contribution in [0.15, 0.2) is 70.1 Å². The Morgan fingerprint density at radius 3 is 2.61 bits per heavy atom. The van der Waals surface area contributed by atoms with Crippen molar-refractivity contribution in [1.29, 1.82) is 0 Å². The van der Waals surface area contributed by atoms with Crippen LogP contribution in [0.4, 0.5) is 5.69 Å². The van der Waals surface area contributed by atoms with Gasteiger partial charge in [0.2, 0.25) is 5.91 Å². The highest BCUT2D eigenvalue weighted by atomic mass is 32.2. The predicted octanol–water partition coefficient (Wildman–Crippen LogP) is 5.22. The number of carbonyl (C=O) groups is 2. The van der Waals surface area contributed by atoms with Crippen molar-refractivity contribution in [2.45, 2.75) is 50.7 Å². The second kappa shape index (κ2) is 10.6. The van der Waals surface area contributed by atoms with Crippen molar-refractivity contribution in [3.63, 3.8) is 0 Å². The van der Waals surface area contributed by atoms with Crippen LogP contribution in [0.5, 0.6) is 0 Å². The summed E-state index contributed by atoms with van der Waals surface area (Å²) in [5, 5.41) is 3.98. The van der Waals surface area contributed by atoms with E-state index in [1.165, 1.54) is 37.1 Å². The normalized spacial score (nSPS) is 13.5. The van der Waals surface area contributed by atoms with E-state index in [1.807, 2.05) is 18.2 Å². The lowest BCUT2D eigenvalue weighted by molar-refractivity contribution is -0.113. The van der Waals surface area contributed by atoms with Crippen molar-refractivity contribution in [1.82, 2.24) is 9.55 Å². The predicted molar refractivity (Wildman–Crippen MR) is 133 cm³/mol. The van der Waals surface area contributed by atoms with Gasteiger partial charge in [-0.25, -0.2) is 4.98 Å². The fraction of sp³-hybridized carbons (Fsp3) is 0.308. The van der Waals surface area contributed by atoms with Gasteiger partial charge in [0.25, 0.3) is 5.56 Å². The quantitative estimate of drug-likeness (QED) is 0.215. The van der Waals surface area contributed by atoms with Crippen LogP contribution in [0.1, 0.15) is 49.4 Å². The third kappa shape index (κ3) is 5.79. The standard InChI is InChI=1S/C26H27N3O3S/c1-18(30)20-11-13-21(14-12-20)27-24(31)17-33-26-28-23-10-6-5-9-22(23)25(32)29(26)16-15-19-7-3-2-4-8-19/h5-7,9-14H,2-4,8,15-17H2,1H3,(H,27,31). The lowest BCUT2D eigenvalue weighted by atomic mass is 9.97. The number of fused-ring (bicyclic) bond motifs is 1. The Morgan fingerprint density at radius 2 is 1.88 bits per heavy atom. The molecule has 4 rings (SSSR count). The van der Waals surface area contributed by atoms with Crippen molar-refractivity contribution < 1.29 is 9.59 Å². The number of anilines is 1. The number of carbonyl (C=O) groups excluding carboxylic acids is 2. The molecule has 0 atom stereocenters. The molecule has 2 aromatic carbocycles. The van der Waals surface area contributed by atoms with Crippen molar-refractivity contribution >= 4 is 40.0 Å². The van der Waals surface area contributed by atoms with Crippen LogP contribution in [0.25, 0.3) is 10.9 Å². The molecule has 0 aliphatic heterocycles. The Kier molecular flexibility index (Phi) is 7.40. The van der Waals surface area contributed by atoms with Gasteiger partial charge in [-0.3, -0.25) is 19.0 Å². The van der Waals surface area contributed by atoms with Crippen molar-refractivity contribution in [3.8, 4) is 0 Å². The average molecular weight is 462 g/mol. The highest BCUT2D eigenvalue weighted by Gasteiger charge is 2.14. The molecule has 0 saturated carbocycles. The first kappa shape index (κ1) is 23.0. The summed E-state index contributed by atoms with van der Waals surface area (Å²) in [5.41, 5.74) is 3.18. The SMILES string of the molecule is CC(=O)c1ccc(NC(=O)CSc2nc3ccccc3c(=O)n2CCC2=CCCCC2)cc1. The Balaban J connectivity index is 1.50. The molecule has 0 fully saturated rings. The molecule has 0 spiro atoms. The number of aromatic nitrogens is 2. The molecule has 1 aromatic heterocycles. The van der Waals surface area contributed by atoms with Crippen LogP contribution in [0.3, 0.4) is 0 Å². The minimum Gasteiger partial charge on any atom is -0.325 e. The number of thioether (sulfide) groups is 1. The van der Waals surface area contributed by atoms with Gasteiger partial charge in [-0.15, -0.1) is 0 Å². The Hall–Kier alpha value is -3.19. The minimum absolute atomic E-state index is 0.0206. The number of Topliss-reactive ketones (excluding diaryl/α,β-unsaturated/α-hetero) is 1. The Labute approximate surface area is 197 Å². The summed E-state index contributed by atoms with van der Waals surface area (Å²) in [6, 6.07) is 14.1. The summed E-state index contributed by atoms with van der Waals surface area (Å²) < 4.78 is 1.71. The van der Waals surface area contributed by atoms with Gasteiger partial charge < -0.3 is 5.32 Å². The molecule has 1 N–H and O–H groups in total. The largest absolute Gasteiger partial charge is 0.325 e. The summed E-state index contributed by atoms with van der Waals surface area (Å²) in [6.07, 6.45) is 7.74. The van der Waals surface area contributed by atoms with E-state index < -0.39 is 0 Å². The van der Waals surface area contributed by atoms with Gasteiger partial charge in [0, 0.05) is 17.8 Å². The second-order valence-electron chi connectivity index (χ2n) is 8.20. The van der Waals surface area contributed by atoms with Gasteiger partial charge in [-0.05, 0) is 75.4 Å². The molecule has 0 unspecified atom stereocenters. The van der Waals surface area contributed by atoms with E-state index in [9.17, 15) is 14.4 Å². The summed E-state index contributed by atoms with van der Waals surface area (Å²) in [4.78, 5) is 41.9. The van der Waals surface area contributed by atoms with E-state index in [0.717, 1.165) is 19.3 Å². The van der Waals surface area contributed by atoms with E-state index in [4.69, 9.17) is 4.98 Å². The van der Waals surface area contributed by atoms with E-state index in [2.05, 4.69) is 11.4 Å². The van der Waals surface area contributed by atoms with Gasteiger partial charge in [0.05, 0.1) is 16.7 Å². The van der Waals surface area contributed by atoms with Crippen molar-refractivity contribution in [2.75, 3.05) is 11.1 Å². The number of ketones is 1. The number of allylic oxidation sites excluding steroid dienone is 2. The average Bonchev–Trinajstić information content (AvgIpc) is 2.83. The lowest BCUT2D eigenvalue weighted by Crippen LogP contribution is -2.24. The fourth-order valence-corrected chi connectivity index (χ4v) is 4.78. The van der Waals surface area contributed by atoms with Crippen LogP contribution in [0, 0.1) is 0 Å². The number of nitrogens with zero attached hydrogens (tertiary/aromatic N) is 2. The number of amides is 1. The van der Waals surface area contributed by atoms with Gasteiger partial charge in [0.15, 0.2) is 10.9 Å². The summed E-state index contributed by atoms with van der Waals surface area (Å²) >= 11 is 1.26. The van der Waals surface area contributed by atoms with Crippen LogP contribution in [-0.2, 0) is 11.3 Å². The van der Waals surface area contributed by atoms with Crippen LogP contribution >= 0.6 is 11.8 Å². The zero-order valence-electron chi connectivity index (χ0n) is 18.7. The van der Waals surface area contributed by atoms with Gasteiger partial charge in [-0.1, -0.05) is 35.5 Å². The summed E-state index contributed by atoms with van der Waals surface area (Å²) in [5.74, 6) is -0.0885. The summed E-state index contributed by atoms with van der Waals surface area (Å²) in [6.45, 7) is 2.06. The van der Waals surface area contributed by atoms with E-state index in [1.54, 1.807) is 34.9 Å². The van der Waals surface area contributed by atoms with E-state index in [-0.39, 0.29) is 23.0 Å². The third-order valence-electron chi connectivity index (χ3n) is 5.78. The Bertz CT molecular complexity index is 1260. The second-order valence-corrected chi connectivity index (χ2v) is 9.14. The molecule has 7 heteroatoms. The first-order valence-corrected chi connectivity index (χ1v) is 12.2. The molecular weight excluding hydrogens is 434 g/mol. The van der Waals surface area contributed by atoms with E-state index in [0.29, 0.717) is 33.9 Å².